The Kier molecular flexibility index (Phi) is 7.54. The lowest BCUT2D eigenvalue weighted by atomic mass is 10.1. The molecule has 0 bridgehead atoms. The third-order valence-electron chi connectivity index (χ3n) is 4.46. The molecule has 0 unspecified atom stereocenters. The maximum Gasteiger partial charge on any atom is 0.243 e. The first-order chi connectivity index (χ1) is 12.3. The monoisotopic (exact) mass is 385 g/mol. The highest BCUT2D eigenvalue weighted by molar-refractivity contribution is 7.89. The molecule has 9 heteroatoms. The largest absolute Gasteiger partial charge is 0.545 e. The Morgan fingerprint density at radius 2 is 1.77 bits per heavy atom. The van der Waals surface area contributed by atoms with E-state index in [1.807, 2.05) is 11.9 Å². The summed E-state index contributed by atoms with van der Waals surface area (Å²) in [4.78, 5) is 13.0. The Balaban J connectivity index is 0.000000342. The smallest absolute Gasteiger partial charge is 0.243 e. The molecule has 3 rings (SSSR count). The molecular formula is C17H27N3O5S. The number of nitrogens with zero attached hydrogens (tertiary/aromatic N) is 2. The van der Waals surface area contributed by atoms with E-state index in [1.54, 1.807) is 6.92 Å². The third-order valence-corrected chi connectivity index (χ3v) is 6.36. The van der Waals surface area contributed by atoms with Crippen molar-refractivity contribution in [3.63, 3.8) is 0 Å². The number of carbonyl (C=O) groups is 1. The van der Waals surface area contributed by atoms with Crippen molar-refractivity contribution in [3.8, 4) is 0 Å². The van der Waals surface area contributed by atoms with Gasteiger partial charge in [0, 0.05) is 31.7 Å². The van der Waals surface area contributed by atoms with Crippen LogP contribution in [0.25, 0.3) is 0 Å². The molecular weight excluding hydrogens is 358 g/mol. The second-order valence-corrected chi connectivity index (χ2v) is 8.39. The number of sulfonamides is 1. The molecule has 2 saturated heterocycles. The molecule has 146 valence electrons. The molecule has 2 heterocycles. The quantitative estimate of drug-likeness (QED) is 0.637. The van der Waals surface area contributed by atoms with E-state index in [-0.39, 0.29) is 10.5 Å². The van der Waals surface area contributed by atoms with Gasteiger partial charge in [0.15, 0.2) is 0 Å². The van der Waals surface area contributed by atoms with Gasteiger partial charge in [-0.25, -0.2) is 8.42 Å². The highest BCUT2D eigenvalue weighted by Gasteiger charge is 2.27. The van der Waals surface area contributed by atoms with Gasteiger partial charge in [0.05, 0.1) is 37.2 Å². The van der Waals surface area contributed by atoms with Crippen molar-refractivity contribution in [3.05, 3.63) is 29.3 Å². The van der Waals surface area contributed by atoms with Gasteiger partial charge in [-0.2, -0.15) is 4.31 Å². The van der Waals surface area contributed by atoms with E-state index in [0.717, 1.165) is 26.3 Å². The predicted molar refractivity (Wildman–Crippen MR) is 94.2 cm³/mol. The SMILES string of the molecule is C1COCC[NH2+]1.Cc1ccc(S(=O)(=O)N2CCN(C)CC2)cc1C(=O)[O-]. The van der Waals surface area contributed by atoms with Gasteiger partial charge in [-0.05, 0) is 31.7 Å². The number of hydrogen-bond donors (Lipinski definition) is 1. The van der Waals surface area contributed by atoms with E-state index in [9.17, 15) is 18.3 Å². The molecule has 0 radical (unpaired) electrons. The minimum absolute atomic E-state index is 0.00635. The van der Waals surface area contributed by atoms with Gasteiger partial charge < -0.3 is 24.9 Å². The average Bonchev–Trinajstić information content (AvgIpc) is 2.64. The van der Waals surface area contributed by atoms with Crippen molar-refractivity contribution < 1.29 is 28.4 Å². The van der Waals surface area contributed by atoms with E-state index in [1.165, 1.54) is 22.5 Å². The van der Waals surface area contributed by atoms with Crippen LogP contribution in [0, 0.1) is 6.92 Å². The van der Waals surface area contributed by atoms with Gasteiger partial charge in [-0.15, -0.1) is 0 Å². The number of carboxylic acid groups (broad SMARTS) is 1. The lowest BCUT2D eigenvalue weighted by Crippen LogP contribution is -2.87. The summed E-state index contributed by atoms with van der Waals surface area (Å²) in [5, 5.41) is 13.3. The fourth-order valence-electron chi connectivity index (χ4n) is 2.74. The van der Waals surface area contributed by atoms with Crippen LogP contribution in [-0.2, 0) is 14.8 Å². The average molecular weight is 385 g/mol. The van der Waals surface area contributed by atoms with E-state index in [2.05, 4.69) is 5.32 Å². The topological polar surface area (TPSA) is 107 Å². The molecule has 0 amide bonds. The number of aromatic carboxylic acids is 1. The van der Waals surface area contributed by atoms with Crippen LogP contribution in [-0.4, -0.2) is 83.1 Å². The standard InChI is InChI=1S/C13H18N2O4S.C4H9NO/c1-10-3-4-11(9-12(10)13(16)17)20(18,19)15-7-5-14(2)6-8-15;1-3-6-4-2-5-1/h3-4,9H,5-8H2,1-2H3,(H,16,17);5H,1-4H2. The molecule has 0 atom stereocenters. The summed E-state index contributed by atoms with van der Waals surface area (Å²) < 4.78 is 31.4. The van der Waals surface area contributed by atoms with Crippen molar-refractivity contribution in [2.75, 3.05) is 59.5 Å². The highest BCUT2D eigenvalue weighted by atomic mass is 32.2. The Bertz CT molecular complexity index is 700. The van der Waals surface area contributed by atoms with Gasteiger partial charge in [0.1, 0.15) is 0 Å². The molecule has 1 aromatic carbocycles. The summed E-state index contributed by atoms with van der Waals surface area (Å²) in [5.41, 5.74) is 0.405. The number of morpholine rings is 1. The zero-order valence-corrected chi connectivity index (χ0v) is 16.1. The number of benzene rings is 1. The van der Waals surface area contributed by atoms with Crippen LogP contribution in [0.5, 0.6) is 0 Å². The zero-order valence-electron chi connectivity index (χ0n) is 15.3. The number of ether oxygens (including phenoxy) is 1. The Morgan fingerprint density at radius 1 is 1.15 bits per heavy atom. The summed E-state index contributed by atoms with van der Waals surface area (Å²) in [6.07, 6.45) is 0. The predicted octanol–water partition coefficient (Wildman–Crippen LogP) is -2.13. The molecule has 2 N–H and O–H groups in total. The fourth-order valence-corrected chi connectivity index (χ4v) is 4.19. The van der Waals surface area contributed by atoms with Gasteiger partial charge in [0.25, 0.3) is 0 Å². The normalized spacial score (nSPS) is 19.5. The molecule has 8 nitrogen and oxygen atoms in total. The number of likely N-dealkylation sites (N-methyl/N-ethyl adjacent to an activating group) is 1. The van der Waals surface area contributed by atoms with E-state index in [0.29, 0.717) is 31.7 Å². The van der Waals surface area contributed by atoms with E-state index >= 15 is 0 Å². The Hall–Kier alpha value is -1.52. The minimum atomic E-state index is -3.64. The molecule has 2 fully saturated rings. The molecule has 1 aromatic rings. The fraction of sp³-hybridized carbons (Fsp3) is 0.588. The highest BCUT2D eigenvalue weighted by Crippen LogP contribution is 2.20. The molecule has 2 aliphatic rings. The van der Waals surface area contributed by atoms with Crippen LogP contribution in [0.3, 0.4) is 0 Å². The van der Waals surface area contributed by atoms with Gasteiger partial charge >= 0.3 is 0 Å². The number of piperazine rings is 1. The maximum atomic E-state index is 12.5. The number of rotatable bonds is 3. The van der Waals surface area contributed by atoms with Crippen LogP contribution in [0.2, 0.25) is 0 Å². The first kappa shape index (κ1) is 20.8. The molecule has 2 aliphatic heterocycles. The third kappa shape index (κ3) is 5.49. The number of aryl methyl sites for hydroxylation is 1. The summed E-state index contributed by atoms with van der Waals surface area (Å²) in [6.45, 7) is 7.95. The Labute approximate surface area is 154 Å². The van der Waals surface area contributed by atoms with Crippen LogP contribution < -0.4 is 10.4 Å². The molecule has 0 saturated carbocycles. The first-order valence-electron chi connectivity index (χ1n) is 8.72. The van der Waals surface area contributed by atoms with Crippen molar-refractivity contribution in [1.29, 1.82) is 0 Å². The second-order valence-electron chi connectivity index (χ2n) is 6.45. The maximum absolute atomic E-state index is 12.5. The lowest BCUT2D eigenvalue weighted by molar-refractivity contribution is -0.670. The van der Waals surface area contributed by atoms with Crippen molar-refractivity contribution in [2.24, 2.45) is 0 Å². The zero-order chi connectivity index (χ0) is 19.2. The van der Waals surface area contributed by atoms with Crippen molar-refractivity contribution >= 4 is 16.0 Å². The van der Waals surface area contributed by atoms with Crippen LogP contribution in [0.15, 0.2) is 23.1 Å². The molecule has 0 aliphatic carbocycles. The first-order valence-corrected chi connectivity index (χ1v) is 10.2. The van der Waals surface area contributed by atoms with E-state index < -0.39 is 16.0 Å². The molecule has 0 spiro atoms. The van der Waals surface area contributed by atoms with Crippen LogP contribution in [0.1, 0.15) is 15.9 Å². The number of carbonyl (C=O) groups excluding carboxylic acids is 1. The van der Waals surface area contributed by atoms with Crippen molar-refractivity contribution in [2.45, 2.75) is 11.8 Å². The van der Waals surface area contributed by atoms with E-state index in [4.69, 9.17) is 4.74 Å². The van der Waals surface area contributed by atoms with Gasteiger partial charge in [-0.1, -0.05) is 6.07 Å². The van der Waals surface area contributed by atoms with Crippen LogP contribution in [0.4, 0.5) is 0 Å². The molecule has 0 aromatic heterocycles. The summed E-state index contributed by atoms with van der Waals surface area (Å²) in [5.74, 6) is -1.36. The lowest BCUT2D eigenvalue weighted by Gasteiger charge is -2.31. The number of hydrogen-bond acceptors (Lipinski definition) is 6. The van der Waals surface area contributed by atoms with Crippen molar-refractivity contribution in [1.82, 2.24) is 9.21 Å². The Morgan fingerprint density at radius 3 is 2.23 bits per heavy atom. The number of carboxylic acids is 1. The number of nitrogens with two attached hydrogens (primary N) is 1. The molecule has 26 heavy (non-hydrogen) atoms. The number of quaternary nitrogens is 1. The van der Waals surface area contributed by atoms with Gasteiger partial charge in [-0.3, -0.25) is 0 Å². The summed E-state index contributed by atoms with van der Waals surface area (Å²) in [7, 11) is -1.71. The minimum Gasteiger partial charge on any atom is -0.545 e. The summed E-state index contributed by atoms with van der Waals surface area (Å²) >= 11 is 0. The van der Waals surface area contributed by atoms with Gasteiger partial charge in [0.2, 0.25) is 10.0 Å². The second kappa shape index (κ2) is 9.43. The summed E-state index contributed by atoms with van der Waals surface area (Å²) in [6, 6.07) is 4.11. The van der Waals surface area contributed by atoms with Crippen LogP contribution >= 0.6 is 0 Å².